The van der Waals surface area contributed by atoms with E-state index in [-0.39, 0.29) is 10.8 Å². The molecule has 4 saturated carbocycles. The lowest BCUT2D eigenvalue weighted by atomic mass is 9.43. The van der Waals surface area contributed by atoms with Gasteiger partial charge in [0.25, 0.3) is 0 Å². The van der Waals surface area contributed by atoms with Crippen LogP contribution in [-0.2, 0) is 10.8 Å². The Bertz CT molecular complexity index is 2310. The summed E-state index contributed by atoms with van der Waals surface area (Å²) in [4.78, 5) is 15.9. The Balaban J connectivity index is 1.13. The maximum absolute atomic E-state index is 5.38. The van der Waals surface area contributed by atoms with Gasteiger partial charge < -0.3 is 0 Å². The predicted octanol–water partition coefficient (Wildman–Crippen LogP) is 10.9. The fraction of sp³-hybridized carbons (Fsp3) is 0.283. The SMILES string of the molecule is CC1(C)c2ccccc2-c2cccc(-c3nc(-c4ccccc4)nc(-c4ccc5c(c4)C4(c6ccccc6-5)C5CC6CC(C5)CC4C6)n3)c21. The van der Waals surface area contributed by atoms with Crippen LogP contribution < -0.4 is 0 Å². The van der Waals surface area contributed by atoms with Crippen LogP contribution in [0.5, 0.6) is 0 Å². The van der Waals surface area contributed by atoms with Crippen molar-refractivity contribution in [2.45, 2.75) is 56.8 Å². The molecule has 3 nitrogen and oxygen atoms in total. The molecule has 1 heterocycles. The molecule has 3 heteroatoms. The summed E-state index contributed by atoms with van der Waals surface area (Å²) < 4.78 is 0. The van der Waals surface area contributed by atoms with Crippen molar-refractivity contribution in [2.24, 2.45) is 23.7 Å². The van der Waals surface area contributed by atoms with Crippen molar-refractivity contribution >= 4 is 0 Å². The highest BCUT2D eigenvalue weighted by molar-refractivity contribution is 5.88. The zero-order valence-corrected chi connectivity index (χ0v) is 28.2. The van der Waals surface area contributed by atoms with E-state index < -0.39 is 0 Å². The van der Waals surface area contributed by atoms with Crippen LogP contribution in [0.4, 0.5) is 0 Å². The third-order valence-electron chi connectivity index (χ3n) is 13.3. The van der Waals surface area contributed by atoms with E-state index in [0.29, 0.717) is 11.8 Å². The smallest absolute Gasteiger partial charge is 0.164 e. The molecule has 0 unspecified atom stereocenters. The summed E-state index contributed by atoms with van der Waals surface area (Å²) in [5.41, 5.74) is 14.3. The summed E-state index contributed by atoms with van der Waals surface area (Å²) >= 11 is 0. The van der Waals surface area contributed by atoms with Crippen LogP contribution in [0.1, 0.15) is 68.2 Å². The van der Waals surface area contributed by atoms with Crippen LogP contribution >= 0.6 is 0 Å². The van der Waals surface area contributed by atoms with Gasteiger partial charge in [0, 0.05) is 27.5 Å². The molecule has 238 valence electrons. The molecular formula is C46H39N3. The standard InChI is InChI=1S/C46H39N3/c1-45(2)38-17-8-6-14-34(38)36-15-10-16-37(41(36)45)44-48-42(29-11-4-3-5-12-29)47-43(49-44)30-19-20-35-33-13-7-9-18-39(33)46(40(35)26-30)31-22-27-21-28(24-31)25-32(46)23-27/h3-20,26-28,31-32H,21-25H2,1-2H3. The first-order valence-corrected chi connectivity index (χ1v) is 18.3. The highest BCUT2D eigenvalue weighted by atomic mass is 15.0. The Morgan fingerprint density at radius 1 is 0.449 bits per heavy atom. The minimum Gasteiger partial charge on any atom is -0.208 e. The topological polar surface area (TPSA) is 38.7 Å². The van der Waals surface area contributed by atoms with Crippen molar-refractivity contribution in [1.82, 2.24) is 15.0 Å². The summed E-state index contributed by atoms with van der Waals surface area (Å²) in [7, 11) is 0. The molecule has 49 heavy (non-hydrogen) atoms. The second-order valence-electron chi connectivity index (χ2n) is 16.1. The molecule has 0 amide bonds. The molecule has 0 aliphatic heterocycles. The van der Waals surface area contributed by atoms with E-state index in [0.717, 1.165) is 46.0 Å². The number of aromatic nitrogens is 3. The molecule has 12 rings (SSSR count). The van der Waals surface area contributed by atoms with Gasteiger partial charge in [0.2, 0.25) is 0 Å². The second kappa shape index (κ2) is 9.85. The molecule has 6 aromatic rings. The number of nitrogens with zero attached hydrogens (tertiary/aromatic N) is 3. The van der Waals surface area contributed by atoms with E-state index in [2.05, 4.69) is 129 Å². The highest BCUT2D eigenvalue weighted by Gasteiger charge is 2.61. The fourth-order valence-electron chi connectivity index (χ4n) is 11.7. The first-order chi connectivity index (χ1) is 24.0. The van der Waals surface area contributed by atoms with Crippen LogP contribution in [-0.4, -0.2) is 15.0 Å². The van der Waals surface area contributed by atoms with E-state index in [1.807, 2.05) is 0 Å². The summed E-state index contributed by atoms with van der Waals surface area (Å²) in [5.74, 6) is 5.48. The van der Waals surface area contributed by atoms with E-state index in [4.69, 9.17) is 15.0 Å². The summed E-state index contributed by atoms with van der Waals surface area (Å²) in [6, 6.07) is 42.4. The minimum atomic E-state index is -0.173. The molecular weight excluding hydrogens is 595 g/mol. The molecule has 1 spiro atoms. The normalized spacial score (nSPS) is 26.0. The third-order valence-corrected chi connectivity index (χ3v) is 13.3. The van der Waals surface area contributed by atoms with Crippen molar-refractivity contribution in [3.8, 4) is 56.4 Å². The van der Waals surface area contributed by atoms with E-state index in [1.54, 1.807) is 5.56 Å². The lowest BCUT2D eigenvalue weighted by Crippen LogP contribution is -2.55. The van der Waals surface area contributed by atoms with Crippen LogP contribution in [0, 0.1) is 23.7 Å². The van der Waals surface area contributed by atoms with Crippen molar-refractivity contribution in [2.75, 3.05) is 0 Å². The van der Waals surface area contributed by atoms with Crippen molar-refractivity contribution in [3.05, 3.63) is 138 Å². The molecule has 6 aliphatic carbocycles. The molecule has 4 fully saturated rings. The second-order valence-corrected chi connectivity index (χ2v) is 16.1. The molecule has 0 radical (unpaired) electrons. The zero-order valence-electron chi connectivity index (χ0n) is 28.2. The molecule has 1 aromatic heterocycles. The Kier molecular flexibility index (Phi) is 5.63. The Hall–Kier alpha value is -4.89. The summed E-state index contributed by atoms with van der Waals surface area (Å²) in [6.07, 6.45) is 6.94. The summed E-state index contributed by atoms with van der Waals surface area (Å²) in [5, 5.41) is 0. The molecule has 4 bridgehead atoms. The molecule has 0 saturated heterocycles. The van der Waals surface area contributed by atoms with Crippen LogP contribution in [0.2, 0.25) is 0 Å². The zero-order chi connectivity index (χ0) is 32.5. The molecule has 6 aliphatic rings. The number of hydrogen-bond donors (Lipinski definition) is 0. The average Bonchev–Trinajstić information content (AvgIpc) is 3.56. The van der Waals surface area contributed by atoms with Gasteiger partial charge in [-0.25, -0.2) is 15.0 Å². The minimum absolute atomic E-state index is 0.101. The first kappa shape index (κ1) is 28.0. The van der Waals surface area contributed by atoms with Gasteiger partial charge in [0.15, 0.2) is 17.5 Å². The van der Waals surface area contributed by atoms with Gasteiger partial charge >= 0.3 is 0 Å². The van der Waals surface area contributed by atoms with Crippen molar-refractivity contribution in [3.63, 3.8) is 0 Å². The largest absolute Gasteiger partial charge is 0.208 e. The van der Waals surface area contributed by atoms with Gasteiger partial charge in [-0.05, 0) is 106 Å². The van der Waals surface area contributed by atoms with Crippen molar-refractivity contribution in [1.29, 1.82) is 0 Å². The van der Waals surface area contributed by atoms with Gasteiger partial charge in [0.05, 0.1) is 0 Å². The Morgan fingerprint density at radius 2 is 1.00 bits per heavy atom. The molecule has 5 aromatic carbocycles. The van der Waals surface area contributed by atoms with Gasteiger partial charge in [-0.15, -0.1) is 0 Å². The Labute approximate surface area is 288 Å². The number of hydrogen-bond acceptors (Lipinski definition) is 3. The van der Waals surface area contributed by atoms with E-state index in [9.17, 15) is 0 Å². The maximum atomic E-state index is 5.38. The van der Waals surface area contributed by atoms with E-state index >= 15 is 0 Å². The van der Waals surface area contributed by atoms with Crippen LogP contribution in [0.3, 0.4) is 0 Å². The van der Waals surface area contributed by atoms with Crippen molar-refractivity contribution < 1.29 is 0 Å². The number of fused-ring (bicyclic) bond motifs is 6. The summed E-state index contributed by atoms with van der Waals surface area (Å²) in [6.45, 7) is 4.67. The lowest BCUT2D eigenvalue weighted by molar-refractivity contribution is -0.0399. The third kappa shape index (κ3) is 3.71. The van der Waals surface area contributed by atoms with Gasteiger partial charge in [-0.2, -0.15) is 0 Å². The van der Waals surface area contributed by atoms with Crippen LogP contribution in [0.15, 0.2) is 115 Å². The van der Waals surface area contributed by atoms with Gasteiger partial charge in [-0.1, -0.05) is 123 Å². The lowest BCUT2D eigenvalue weighted by Gasteiger charge is -2.61. The maximum Gasteiger partial charge on any atom is 0.164 e. The van der Waals surface area contributed by atoms with Crippen LogP contribution in [0.25, 0.3) is 56.4 Å². The monoisotopic (exact) mass is 633 g/mol. The average molecular weight is 634 g/mol. The highest BCUT2D eigenvalue weighted by Crippen LogP contribution is 2.69. The predicted molar refractivity (Wildman–Crippen MR) is 197 cm³/mol. The quantitative estimate of drug-likeness (QED) is 0.195. The van der Waals surface area contributed by atoms with Gasteiger partial charge in [0.1, 0.15) is 0 Å². The first-order valence-electron chi connectivity index (χ1n) is 18.3. The molecule has 0 N–H and O–H groups in total. The number of rotatable bonds is 3. The number of benzene rings is 5. The van der Waals surface area contributed by atoms with Gasteiger partial charge in [-0.3, -0.25) is 0 Å². The van der Waals surface area contributed by atoms with E-state index in [1.165, 1.54) is 71.0 Å². The fourth-order valence-corrected chi connectivity index (χ4v) is 11.7. The Morgan fingerprint density at radius 3 is 1.73 bits per heavy atom. The molecule has 0 atom stereocenters.